The van der Waals surface area contributed by atoms with Crippen LogP contribution >= 0.6 is 28.1 Å². The lowest BCUT2D eigenvalue weighted by molar-refractivity contribution is -0.122. The number of hydrogen-bond acceptors (Lipinski definition) is 5. The van der Waals surface area contributed by atoms with E-state index in [1.807, 2.05) is 30.3 Å². The van der Waals surface area contributed by atoms with Gasteiger partial charge in [-0.2, -0.15) is 0 Å². The lowest BCUT2D eigenvalue weighted by Gasteiger charge is -2.13. The third-order valence-corrected chi connectivity index (χ3v) is 4.98. The van der Waals surface area contributed by atoms with Crippen LogP contribution in [-0.2, 0) is 16.1 Å². The van der Waals surface area contributed by atoms with E-state index in [-0.39, 0.29) is 12.5 Å². The van der Waals surface area contributed by atoms with Crippen LogP contribution in [0.15, 0.2) is 52.6 Å². The van der Waals surface area contributed by atoms with Crippen molar-refractivity contribution in [1.82, 2.24) is 10.2 Å². The van der Waals surface area contributed by atoms with E-state index in [0.29, 0.717) is 38.9 Å². The Bertz CT molecular complexity index is 995. The van der Waals surface area contributed by atoms with Gasteiger partial charge >= 0.3 is 0 Å². The van der Waals surface area contributed by atoms with Gasteiger partial charge in [0.2, 0.25) is 0 Å². The van der Waals surface area contributed by atoms with Crippen LogP contribution in [0.4, 0.5) is 0 Å². The molecule has 0 unspecified atom stereocenters. The molecule has 0 atom stereocenters. The molecule has 0 spiro atoms. The monoisotopic (exact) mass is 475 g/mol. The third-order valence-electron chi connectivity index (χ3n) is 4.07. The van der Waals surface area contributed by atoms with E-state index in [1.54, 1.807) is 18.2 Å². The molecule has 7 nitrogen and oxygen atoms in total. The second-order valence-corrected chi connectivity index (χ2v) is 7.40. The van der Waals surface area contributed by atoms with Gasteiger partial charge in [-0.1, -0.05) is 30.3 Å². The minimum absolute atomic E-state index is 0.219. The molecule has 1 aliphatic heterocycles. The van der Waals surface area contributed by atoms with Gasteiger partial charge in [0.25, 0.3) is 11.8 Å². The Kier molecular flexibility index (Phi) is 6.50. The van der Waals surface area contributed by atoms with Crippen molar-refractivity contribution in [2.45, 2.75) is 6.54 Å². The van der Waals surface area contributed by atoms with Crippen molar-refractivity contribution in [2.24, 2.45) is 5.73 Å². The summed E-state index contributed by atoms with van der Waals surface area (Å²) < 4.78 is 11.3. The minimum atomic E-state index is -0.599. The SMILES string of the molecule is COc1cc(C=C2NC(=S)N(Cc3ccccc3)C2=O)cc(Br)c1OCC(N)=O. The predicted octanol–water partition coefficient (Wildman–Crippen LogP) is 2.58. The molecule has 1 heterocycles. The van der Waals surface area contributed by atoms with Gasteiger partial charge in [0.1, 0.15) is 5.70 Å². The van der Waals surface area contributed by atoms with Crippen LogP contribution in [0.3, 0.4) is 0 Å². The molecule has 2 amide bonds. The average Bonchev–Trinajstić information content (AvgIpc) is 2.94. The zero-order valence-corrected chi connectivity index (χ0v) is 17.9. The fourth-order valence-electron chi connectivity index (χ4n) is 2.75. The van der Waals surface area contributed by atoms with Crippen molar-refractivity contribution < 1.29 is 19.1 Å². The smallest absolute Gasteiger partial charge is 0.276 e. The summed E-state index contributed by atoms with van der Waals surface area (Å²) in [6.07, 6.45) is 1.67. The normalized spacial score (nSPS) is 14.8. The molecule has 1 aliphatic rings. The third kappa shape index (κ3) is 4.93. The number of primary amides is 1. The summed E-state index contributed by atoms with van der Waals surface area (Å²) in [7, 11) is 1.48. The van der Waals surface area contributed by atoms with Crippen molar-refractivity contribution in [1.29, 1.82) is 0 Å². The summed E-state index contributed by atoms with van der Waals surface area (Å²) in [6.45, 7) is 0.105. The summed E-state index contributed by atoms with van der Waals surface area (Å²) in [5.74, 6) is -0.0806. The first-order valence-electron chi connectivity index (χ1n) is 8.56. The number of carbonyl (C=O) groups is 2. The molecule has 2 aromatic rings. The number of thiocarbonyl (C=S) groups is 1. The average molecular weight is 476 g/mol. The molecule has 0 saturated carbocycles. The zero-order valence-electron chi connectivity index (χ0n) is 15.5. The maximum Gasteiger partial charge on any atom is 0.276 e. The molecule has 0 aromatic heterocycles. The maximum atomic E-state index is 12.8. The van der Waals surface area contributed by atoms with E-state index in [9.17, 15) is 9.59 Å². The summed E-state index contributed by atoms with van der Waals surface area (Å²) in [4.78, 5) is 25.3. The number of benzene rings is 2. The number of amides is 2. The second kappa shape index (κ2) is 9.06. The van der Waals surface area contributed by atoms with Crippen LogP contribution < -0.4 is 20.5 Å². The number of nitrogens with two attached hydrogens (primary N) is 1. The first kappa shape index (κ1) is 20.8. The topological polar surface area (TPSA) is 93.9 Å². The molecular weight excluding hydrogens is 458 g/mol. The molecule has 0 radical (unpaired) electrons. The summed E-state index contributed by atoms with van der Waals surface area (Å²) >= 11 is 8.71. The predicted molar refractivity (Wildman–Crippen MR) is 116 cm³/mol. The van der Waals surface area contributed by atoms with E-state index in [2.05, 4.69) is 21.2 Å². The van der Waals surface area contributed by atoms with Crippen molar-refractivity contribution in [2.75, 3.05) is 13.7 Å². The lowest BCUT2D eigenvalue weighted by Crippen LogP contribution is -2.29. The molecule has 3 N–H and O–H groups in total. The molecular formula is C20H18BrN3O4S. The standard InChI is InChI=1S/C20H18BrN3O4S/c1-27-16-9-13(7-14(21)18(16)28-11-17(22)25)8-15-19(26)24(20(29)23-15)10-12-5-3-2-4-6-12/h2-9H,10-11H2,1H3,(H2,22,25)(H,23,29). The molecule has 2 aromatic carbocycles. The van der Waals surface area contributed by atoms with Crippen molar-refractivity contribution in [3.05, 3.63) is 63.8 Å². The van der Waals surface area contributed by atoms with E-state index < -0.39 is 5.91 Å². The van der Waals surface area contributed by atoms with Crippen LogP contribution in [-0.4, -0.2) is 35.5 Å². The molecule has 1 fully saturated rings. The van der Waals surface area contributed by atoms with Gasteiger partial charge < -0.3 is 20.5 Å². The van der Waals surface area contributed by atoms with Gasteiger partial charge in [0, 0.05) is 0 Å². The van der Waals surface area contributed by atoms with Gasteiger partial charge in [0.05, 0.1) is 18.1 Å². The zero-order chi connectivity index (χ0) is 21.0. The highest BCUT2D eigenvalue weighted by atomic mass is 79.9. The highest BCUT2D eigenvalue weighted by molar-refractivity contribution is 9.10. The van der Waals surface area contributed by atoms with E-state index in [4.69, 9.17) is 27.4 Å². The van der Waals surface area contributed by atoms with Crippen molar-refractivity contribution >= 4 is 51.2 Å². The number of carbonyl (C=O) groups excluding carboxylic acids is 2. The van der Waals surface area contributed by atoms with Crippen molar-refractivity contribution in [3.8, 4) is 11.5 Å². The molecule has 29 heavy (non-hydrogen) atoms. The first-order chi connectivity index (χ1) is 13.9. The fourth-order valence-corrected chi connectivity index (χ4v) is 3.59. The largest absolute Gasteiger partial charge is 0.493 e. The summed E-state index contributed by atoms with van der Waals surface area (Å²) in [5, 5.41) is 3.30. The number of ether oxygens (including phenoxy) is 2. The Morgan fingerprint density at radius 1 is 1.31 bits per heavy atom. The molecule has 1 saturated heterocycles. The van der Waals surface area contributed by atoms with Crippen LogP contribution in [0, 0.1) is 0 Å². The number of nitrogens with zero attached hydrogens (tertiary/aromatic N) is 1. The maximum absolute atomic E-state index is 12.8. The molecule has 3 rings (SSSR count). The highest BCUT2D eigenvalue weighted by Crippen LogP contribution is 2.37. The Labute approximate surface area is 181 Å². The Morgan fingerprint density at radius 2 is 2.03 bits per heavy atom. The Morgan fingerprint density at radius 3 is 2.69 bits per heavy atom. The Hall–Kier alpha value is -2.91. The van der Waals surface area contributed by atoms with Gasteiger partial charge in [-0.25, -0.2) is 0 Å². The van der Waals surface area contributed by atoms with E-state index in [1.165, 1.54) is 12.0 Å². The number of rotatable bonds is 7. The molecule has 0 bridgehead atoms. The number of nitrogens with one attached hydrogen (secondary N) is 1. The first-order valence-corrected chi connectivity index (χ1v) is 9.76. The van der Waals surface area contributed by atoms with Gasteiger partial charge in [0.15, 0.2) is 23.2 Å². The number of methoxy groups -OCH3 is 1. The van der Waals surface area contributed by atoms with E-state index in [0.717, 1.165) is 5.56 Å². The van der Waals surface area contributed by atoms with Crippen molar-refractivity contribution in [3.63, 3.8) is 0 Å². The highest BCUT2D eigenvalue weighted by Gasteiger charge is 2.30. The second-order valence-electron chi connectivity index (χ2n) is 6.15. The van der Waals surface area contributed by atoms with E-state index >= 15 is 0 Å². The van der Waals surface area contributed by atoms with Crippen LogP contribution in [0.25, 0.3) is 6.08 Å². The molecule has 9 heteroatoms. The quantitative estimate of drug-likeness (QED) is 0.472. The summed E-state index contributed by atoms with van der Waals surface area (Å²) in [6, 6.07) is 13.0. The van der Waals surface area contributed by atoms with Gasteiger partial charge in [-0.15, -0.1) is 0 Å². The van der Waals surface area contributed by atoms with Gasteiger partial charge in [-0.05, 0) is 57.5 Å². The number of hydrogen-bond donors (Lipinski definition) is 2. The summed E-state index contributed by atoms with van der Waals surface area (Å²) in [5.41, 5.74) is 7.14. The van der Waals surface area contributed by atoms with Gasteiger partial charge in [-0.3, -0.25) is 14.5 Å². The fraction of sp³-hybridized carbons (Fsp3) is 0.150. The van der Waals surface area contributed by atoms with Crippen LogP contribution in [0.1, 0.15) is 11.1 Å². The minimum Gasteiger partial charge on any atom is -0.493 e. The lowest BCUT2D eigenvalue weighted by atomic mass is 10.1. The number of halogens is 1. The molecule has 150 valence electrons. The van der Waals surface area contributed by atoms with Crippen LogP contribution in [0.2, 0.25) is 0 Å². The Balaban J connectivity index is 1.84. The molecule has 0 aliphatic carbocycles. The van der Waals surface area contributed by atoms with Crippen LogP contribution in [0.5, 0.6) is 11.5 Å².